The van der Waals surface area contributed by atoms with Gasteiger partial charge in [0.1, 0.15) is 16.5 Å². The molecule has 3 aromatic rings. The number of hydrogen-bond donors (Lipinski definition) is 1. The van der Waals surface area contributed by atoms with E-state index < -0.39 is 0 Å². The Morgan fingerprint density at radius 2 is 2.00 bits per heavy atom. The van der Waals surface area contributed by atoms with Crippen LogP contribution < -0.4 is 10.2 Å². The lowest BCUT2D eigenvalue weighted by Crippen LogP contribution is -2.41. The number of aromatic nitrogens is 6. The lowest BCUT2D eigenvalue weighted by molar-refractivity contribution is 0.0921. The molecule has 5 heterocycles. The Labute approximate surface area is 179 Å². The zero-order valence-electron chi connectivity index (χ0n) is 17.6. The van der Waals surface area contributed by atoms with Crippen molar-refractivity contribution in [3.8, 4) is 10.6 Å². The van der Waals surface area contributed by atoms with E-state index in [1.165, 1.54) is 12.8 Å². The molecule has 9 nitrogen and oxygen atoms in total. The molecule has 2 aliphatic rings. The molecule has 30 heavy (non-hydrogen) atoms. The number of rotatable bonds is 4. The Hall–Kier alpha value is -2.75. The SMILES string of the molecule is Cc1nc(-c2cnn(C)c2C(=O)NC2CCn3nc(N4CCCC4)nc3C2)sc1C. The van der Waals surface area contributed by atoms with Gasteiger partial charge in [-0.2, -0.15) is 10.1 Å². The lowest BCUT2D eigenvalue weighted by atomic mass is 10.1. The van der Waals surface area contributed by atoms with Gasteiger partial charge in [-0.3, -0.25) is 9.48 Å². The fraction of sp³-hybridized carbons (Fsp3) is 0.550. The highest BCUT2D eigenvalue weighted by Gasteiger charge is 2.28. The van der Waals surface area contributed by atoms with Gasteiger partial charge in [0.05, 0.1) is 17.5 Å². The fourth-order valence-electron chi connectivity index (χ4n) is 4.17. The predicted molar refractivity (Wildman–Crippen MR) is 115 cm³/mol. The normalized spacial score (nSPS) is 18.6. The van der Waals surface area contributed by atoms with E-state index >= 15 is 0 Å². The standard InChI is InChI=1S/C20H26N8OS/c1-12-13(2)30-19(22-12)15-11-21-26(3)17(15)18(29)23-14-6-9-28-16(10-14)24-20(25-28)27-7-4-5-8-27/h11,14H,4-10H2,1-3H3,(H,23,29). The number of amides is 1. The third-order valence-corrected chi connectivity index (χ3v) is 7.10. The van der Waals surface area contributed by atoms with Crippen LogP contribution in [0.3, 0.4) is 0 Å². The molecule has 1 saturated heterocycles. The van der Waals surface area contributed by atoms with Gasteiger partial charge in [-0.1, -0.05) is 0 Å². The van der Waals surface area contributed by atoms with Gasteiger partial charge in [0.25, 0.3) is 5.91 Å². The van der Waals surface area contributed by atoms with Gasteiger partial charge in [0, 0.05) is 44.0 Å². The summed E-state index contributed by atoms with van der Waals surface area (Å²) in [6.45, 7) is 6.86. The third kappa shape index (κ3) is 3.38. The van der Waals surface area contributed by atoms with Crippen LogP contribution in [0.15, 0.2) is 6.20 Å². The largest absolute Gasteiger partial charge is 0.347 e. The van der Waals surface area contributed by atoms with Crippen LogP contribution in [0.4, 0.5) is 5.95 Å². The van der Waals surface area contributed by atoms with Crippen LogP contribution in [0.25, 0.3) is 10.6 Å². The third-order valence-electron chi connectivity index (χ3n) is 5.99. The number of carbonyl (C=O) groups is 1. The first-order valence-electron chi connectivity index (χ1n) is 10.5. The van der Waals surface area contributed by atoms with E-state index in [1.807, 2.05) is 18.5 Å². The number of fused-ring (bicyclic) bond motifs is 1. The molecular weight excluding hydrogens is 400 g/mol. The summed E-state index contributed by atoms with van der Waals surface area (Å²) in [6.07, 6.45) is 5.66. The minimum absolute atomic E-state index is 0.0307. The maximum absolute atomic E-state index is 13.2. The fourth-order valence-corrected chi connectivity index (χ4v) is 5.10. The van der Waals surface area contributed by atoms with Gasteiger partial charge < -0.3 is 10.2 Å². The summed E-state index contributed by atoms with van der Waals surface area (Å²) in [6, 6.07) is 0.0307. The maximum Gasteiger partial charge on any atom is 0.270 e. The van der Waals surface area contributed by atoms with Crippen LogP contribution >= 0.6 is 11.3 Å². The highest BCUT2D eigenvalue weighted by atomic mass is 32.1. The molecule has 0 radical (unpaired) electrons. The molecule has 0 bridgehead atoms. The van der Waals surface area contributed by atoms with E-state index in [-0.39, 0.29) is 11.9 Å². The van der Waals surface area contributed by atoms with Crippen LogP contribution in [0.5, 0.6) is 0 Å². The highest BCUT2D eigenvalue weighted by Crippen LogP contribution is 2.30. The zero-order valence-corrected chi connectivity index (χ0v) is 18.4. The minimum atomic E-state index is -0.117. The summed E-state index contributed by atoms with van der Waals surface area (Å²) < 4.78 is 3.63. The Morgan fingerprint density at radius 1 is 1.20 bits per heavy atom. The van der Waals surface area contributed by atoms with Gasteiger partial charge >= 0.3 is 0 Å². The Bertz CT molecular complexity index is 1070. The van der Waals surface area contributed by atoms with Gasteiger partial charge in [-0.15, -0.1) is 16.4 Å². The quantitative estimate of drug-likeness (QED) is 0.687. The first-order chi connectivity index (χ1) is 14.5. The van der Waals surface area contributed by atoms with Crippen molar-refractivity contribution < 1.29 is 4.79 Å². The molecule has 2 aliphatic heterocycles. The first kappa shape index (κ1) is 19.2. The zero-order chi connectivity index (χ0) is 20.8. The summed E-state index contributed by atoms with van der Waals surface area (Å²) >= 11 is 1.59. The second-order valence-electron chi connectivity index (χ2n) is 8.10. The molecule has 10 heteroatoms. The van der Waals surface area contributed by atoms with Gasteiger partial charge in [-0.05, 0) is 33.1 Å². The van der Waals surface area contributed by atoms with E-state index in [2.05, 4.69) is 25.4 Å². The molecule has 0 aliphatic carbocycles. The number of anilines is 1. The van der Waals surface area contributed by atoms with Crippen molar-refractivity contribution in [2.24, 2.45) is 7.05 Å². The van der Waals surface area contributed by atoms with E-state index in [0.29, 0.717) is 12.1 Å². The van der Waals surface area contributed by atoms with Crippen LogP contribution in [-0.4, -0.2) is 54.6 Å². The second-order valence-corrected chi connectivity index (χ2v) is 9.30. The average molecular weight is 427 g/mol. The van der Waals surface area contributed by atoms with Crippen LogP contribution in [0, 0.1) is 13.8 Å². The number of aryl methyl sites for hydroxylation is 4. The summed E-state index contributed by atoms with van der Waals surface area (Å²) in [4.78, 5) is 25.9. The van der Waals surface area contributed by atoms with E-state index in [0.717, 1.165) is 59.0 Å². The molecule has 158 valence electrons. The van der Waals surface area contributed by atoms with Gasteiger partial charge in [-0.25, -0.2) is 9.67 Å². The van der Waals surface area contributed by atoms with Crippen molar-refractivity contribution in [1.82, 2.24) is 34.8 Å². The number of nitrogens with one attached hydrogen (secondary N) is 1. The monoisotopic (exact) mass is 426 g/mol. The molecule has 1 N–H and O–H groups in total. The van der Waals surface area contributed by atoms with Crippen molar-refractivity contribution in [2.45, 2.75) is 52.1 Å². The van der Waals surface area contributed by atoms with Crippen LogP contribution in [-0.2, 0) is 20.0 Å². The number of carbonyl (C=O) groups excluding carboxylic acids is 1. The number of thiazole rings is 1. The molecule has 1 atom stereocenters. The number of hydrogen-bond acceptors (Lipinski definition) is 7. The summed E-state index contributed by atoms with van der Waals surface area (Å²) in [5.41, 5.74) is 2.32. The Balaban J connectivity index is 1.33. The average Bonchev–Trinajstić information content (AvgIpc) is 3.48. The smallest absolute Gasteiger partial charge is 0.270 e. The van der Waals surface area contributed by atoms with Gasteiger partial charge in [0.15, 0.2) is 0 Å². The van der Waals surface area contributed by atoms with E-state index in [1.54, 1.807) is 29.3 Å². The van der Waals surface area contributed by atoms with Crippen LogP contribution in [0.1, 0.15) is 46.1 Å². The second kappa shape index (κ2) is 7.50. The Morgan fingerprint density at radius 3 is 2.73 bits per heavy atom. The molecule has 0 saturated carbocycles. The van der Waals surface area contributed by atoms with Crippen molar-refractivity contribution in [2.75, 3.05) is 18.0 Å². The molecule has 1 amide bonds. The highest BCUT2D eigenvalue weighted by molar-refractivity contribution is 7.15. The molecule has 0 aromatic carbocycles. The summed E-state index contributed by atoms with van der Waals surface area (Å²) in [5.74, 6) is 1.66. The van der Waals surface area contributed by atoms with Gasteiger partial charge in [0.2, 0.25) is 5.95 Å². The topological polar surface area (TPSA) is 93.8 Å². The van der Waals surface area contributed by atoms with E-state index in [9.17, 15) is 4.79 Å². The molecule has 3 aromatic heterocycles. The van der Waals surface area contributed by atoms with E-state index in [4.69, 9.17) is 4.98 Å². The lowest BCUT2D eigenvalue weighted by Gasteiger charge is -2.23. The van der Waals surface area contributed by atoms with Crippen molar-refractivity contribution in [3.05, 3.63) is 28.3 Å². The number of nitrogens with zero attached hydrogens (tertiary/aromatic N) is 7. The summed E-state index contributed by atoms with van der Waals surface area (Å²) in [7, 11) is 1.80. The Kier molecular flexibility index (Phi) is 4.80. The van der Waals surface area contributed by atoms with Crippen molar-refractivity contribution >= 4 is 23.2 Å². The summed E-state index contributed by atoms with van der Waals surface area (Å²) in [5, 5.41) is 13.0. The van der Waals surface area contributed by atoms with Crippen LogP contribution in [0.2, 0.25) is 0 Å². The minimum Gasteiger partial charge on any atom is -0.347 e. The van der Waals surface area contributed by atoms with Crippen molar-refractivity contribution in [1.29, 1.82) is 0 Å². The first-order valence-corrected chi connectivity index (χ1v) is 11.3. The molecule has 1 unspecified atom stereocenters. The molecule has 1 fully saturated rings. The maximum atomic E-state index is 13.2. The molecular formula is C20H26N8OS. The molecule has 0 spiro atoms. The van der Waals surface area contributed by atoms with Crippen molar-refractivity contribution in [3.63, 3.8) is 0 Å². The molecule has 5 rings (SSSR count). The predicted octanol–water partition coefficient (Wildman–Crippen LogP) is 2.10.